The predicted molar refractivity (Wildman–Crippen MR) is 102 cm³/mol. The molecule has 1 amide bonds. The molecule has 0 aliphatic carbocycles. The normalized spacial score (nSPS) is 10.4. The molecule has 1 aromatic heterocycles. The zero-order valence-corrected chi connectivity index (χ0v) is 15.6. The first kappa shape index (κ1) is 18.7. The van der Waals surface area contributed by atoms with E-state index in [9.17, 15) is 14.9 Å². The number of methoxy groups -OCH3 is 1. The highest BCUT2D eigenvalue weighted by Crippen LogP contribution is 2.25. The fraction of sp³-hybridized carbons (Fsp3) is 0.118. The quantitative estimate of drug-likeness (QED) is 0.492. The Morgan fingerprint density at radius 3 is 2.67 bits per heavy atom. The molecule has 0 atom stereocenters. The van der Waals surface area contributed by atoms with E-state index >= 15 is 0 Å². The molecule has 1 heterocycles. The Bertz CT molecular complexity index is 991. The molecule has 3 aromatic rings. The molecule has 0 unspecified atom stereocenters. The van der Waals surface area contributed by atoms with Crippen molar-refractivity contribution < 1.29 is 14.5 Å². The van der Waals surface area contributed by atoms with E-state index in [0.717, 1.165) is 17.4 Å². The summed E-state index contributed by atoms with van der Waals surface area (Å²) in [6.45, 7) is 0. The molecule has 27 heavy (non-hydrogen) atoms. The number of carbonyl (C=O) groups excluding carboxylic acids is 1. The van der Waals surface area contributed by atoms with Crippen LogP contribution in [-0.4, -0.2) is 28.1 Å². The molecule has 8 nitrogen and oxygen atoms in total. The molecule has 0 radical (unpaired) electrons. The number of hydrogen-bond donors (Lipinski definition) is 1. The maximum absolute atomic E-state index is 12.4. The van der Waals surface area contributed by atoms with Crippen LogP contribution < -0.4 is 10.1 Å². The Hall–Kier alpha value is -3.04. The van der Waals surface area contributed by atoms with Crippen LogP contribution in [0.2, 0.25) is 5.02 Å². The number of hydrogen-bond acceptors (Lipinski definition) is 7. The number of aromatic nitrogens is 2. The highest BCUT2D eigenvalue weighted by Gasteiger charge is 2.21. The molecule has 2 aromatic carbocycles. The molecule has 0 aliphatic rings. The van der Waals surface area contributed by atoms with E-state index in [4.69, 9.17) is 16.3 Å². The van der Waals surface area contributed by atoms with Crippen LogP contribution in [0.3, 0.4) is 0 Å². The number of carbonyl (C=O) groups is 1. The van der Waals surface area contributed by atoms with E-state index < -0.39 is 10.8 Å². The first-order chi connectivity index (χ1) is 13.0. The number of benzene rings is 2. The lowest BCUT2D eigenvalue weighted by atomic mass is 10.1. The highest BCUT2D eigenvalue weighted by atomic mass is 35.5. The summed E-state index contributed by atoms with van der Waals surface area (Å²) in [6, 6.07) is 11.4. The number of nitrogens with one attached hydrogen (secondary N) is 1. The van der Waals surface area contributed by atoms with Gasteiger partial charge >= 0.3 is 0 Å². The third kappa shape index (κ3) is 4.57. The summed E-state index contributed by atoms with van der Waals surface area (Å²) in [7, 11) is 1.60. The molecule has 1 N–H and O–H groups in total. The van der Waals surface area contributed by atoms with Crippen molar-refractivity contribution in [2.24, 2.45) is 0 Å². The van der Waals surface area contributed by atoms with Crippen molar-refractivity contribution in [1.29, 1.82) is 0 Å². The lowest BCUT2D eigenvalue weighted by Gasteiger charge is -2.03. The highest BCUT2D eigenvalue weighted by molar-refractivity contribution is 7.15. The van der Waals surface area contributed by atoms with E-state index in [1.54, 1.807) is 7.11 Å². The largest absolute Gasteiger partial charge is 0.497 e. The van der Waals surface area contributed by atoms with Crippen molar-refractivity contribution in [2.45, 2.75) is 6.42 Å². The first-order valence-electron chi connectivity index (χ1n) is 7.67. The second kappa shape index (κ2) is 8.11. The van der Waals surface area contributed by atoms with Crippen LogP contribution >= 0.6 is 22.9 Å². The Labute approximate surface area is 162 Å². The molecule has 0 fully saturated rings. The lowest BCUT2D eigenvalue weighted by molar-refractivity contribution is -0.385. The second-order valence-corrected chi connectivity index (χ2v) is 6.90. The Morgan fingerprint density at radius 2 is 2.00 bits per heavy atom. The predicted octanol–water partition coefficient (Wildman–Crippen LogP) is 3.95. The summed E-state index contributed by atoms with van der Waals surface area (Å²) in [5, 5.41) is 22.7. The van der Waals surface area contributed by atoms with Gasteiger partial charge in [0, 0.05) is 17.5 Å². The number of nitrogens with zero attached hydrogens (tertiary/aromatic N) is 3. The SMILES string of the molecule is COc1ccc(Cc2nnc(NC(=O)c3ccc(Cl)cc3[N+](=O)[O-])s2)cc1. The molecule has 138 valence electrons. The number of ether oxygens (including phenoxy) is 1. The van der Waals surface area contributed by atoms with Gasteiger partial charge in [0.1, 0.15) is 16.3 Å². The third-order valence-corrected chi connectivity index (χ3v) is 4.68. The van der Waals surface area contributed by atoms with Gasteiger partial charge in [0.25, 0.3) is 11.6 Å². The summed E-state index contributed by atoms with van der Waals surface area (Å²) in [4.78, 5) is 22.8. The molecular formula is C17H13ClN4O4S. The fourth-order valence-electron chi connectivity index (χ4n) is 2.31. The fourth-order valence-corrected chi connectivity index (χ4v) is 3.24. The first-order valence-corrected chi connectivity index (χ1v) is 8.86. The minimum atomic E-state index is -0.657. The van der Waals surface area contributed by atoms with E-state index in [2.05, 4.69) is 15.5 Å². The van der Waals surface area contributed by atoms with E-state index in [0.29, 0.717) is 11.4 Å². The van der Waals surface area contributed by atoms with Gasteiger partial charge in [-0.1, -0.05) is 35.1 Å². The zero-order valence-electron chi connectivity index (χ0n) is 14.0. The smallest absolute Gasteiger partial charge is 0.283 e. The summed E-state index contributed by atoms with van der Waals surface area (Å²) >= 11 is 6.96. The van der Waals surface area contributed by atoms with Crippen molar-refractivity contribution in [1.82, 2.24) is 10.2 Å². The van der Waals surface area contributed by atoms with Crippen molar-refractivity contribution >= 4 is 39.7 Å². The number of amides is 1. The number of rotatable bonds is 6. The molecular weight excluding hydrogens is 392 g/mol. The molecule has 0 saturated heterocycles. The maximum Gasteiger partial charge on any atom is 0.283 e. The minimum Gasteiger partial charge on any atom is -0.497 e. The average Bonchev–Trinajstić information content (AvgIpc) is 3.08. The zero-order chi connectivity index (χ0) is 19.4. The van der Waals surface area contributed by atoms with Gasteiger partial charge in [-0.2, -0.15) is 0 Å². The van der Waals surface area contributed by atoms with Gasteiger partial charge in [0.05, 0.1) is 12.0 Å². The summed E-state index contributed by atoms with van der Waals surface area (Å²) < 4.78 is 5.11. The standard InChI is InChI=1S/C17H13ClN4O4S/c1-26-12-5-2-10(3-6-12)8-15-20-21-17(27-15)19-16(23)13-7-4-11(18)9-14(13)22(24)25/h2-7,9H,8H2,1H3,(H,19,21,23). The topological polar surface area (TPSA) is 107 Å². The molecule has 0 bridgehead atoms. The number of anilines is 1. The molecule has 3 rings (SSSR count). The maximum atomic E-state index is 12.4. The molecule has 0 spiro atoms. The molecule has 10 heteroatoms. The van der Waals surface area contributed by atoms with Crippen molar-refractivity contribution in [2.75, 3.05) is 12.4 Å². The van der Waals surface area contributed by atoms with Gasteiger partial charge in [-0.05, 0) is 29.8 Å². The monoisotopic (exact) mass is 404 g/mol. The van der Waals surface area contributed by atoms with E-state index in [1.807, 2.05) is 24.3 Å². The number of nitro groups is 1. The third-order valence-electron chi connectivity index (χ3n) is 3.60. The van der Waals surface area contributed by atoms with Crippen LogP contribution in [0.25, 0.3) is 0 Å². The number of halogens is 1. The summed E-state index contributed by atoms with van der Waals surface area (Å²) in [6.07, 6.45) is 0.540. The van der Waals surface area contributed by atoms with Gasteiger partial charge in [-0.3, -0.25) is 20.2 Å². The van der Waals surface area contributed by atoms with Gasteiger partial charge in [-0.25, -0.2) is 0 Å². The average molecular weight is 405 g/mol. The second-order valence-electron chi connectivity index (χ2n) is 5.40. The van der Waals surface area contributed by atoms with Crippen LogP contribution in [0.15, 0.2) is 42.5 Å². The minimum absolute atomic E-state index is 0.101. The molecule has 0 saturated carbocycles. The van der Waals surface area contributed by atoms with Crippen LogP contribution in [0, 0.1) is 10.1 Å². The van der Waals surface area contributed by atoms with Gasteiger partial charge in [-0.15, -0.1) is 10.2 Å². The summed E-state index contributed by atoms with van der Waals surface area (Å²) in [5.74, 6) is 0.110. The number of nitro benzene ring substituents is 1. The van der Waals surface area contributed by atoms with Gasteiger partial charge in [0.15, 0.2) is 0 Å². The van der Waals surface area contributed by atoms with Crippen molar-refractivity contribution in [3.63, 3.8) is 0 Å². The van der Waals surface area contributed by atoms with Crippen LogP contribution in [0.1, 0.15) is 20.9 Å². The van der Waals surface area contributed by atoms with Gasteiger partial charge < -0.3 is 4.74 Å². The lowest BCUT2D eigenvalue weighted by Crippen LogP contribution is -2.13. The van der Waals surface area contributed by atoms with Gasteiger partial charge in [0.2, 0.25) is 5.13 Å². The van der Waals surface area contributed by atoms with Crippen LogP contribution in [-0.2, 0) is 6.42 Å². The van der Waals surface area contributed by atoms with Crippen molar-refractivity contribution in [3.05, 3.63) is 73.7 Å². The Kier molecular flexibility index (Phi) is 5.63. The Balaban J connectivity index is 1.72. The molecule has 0 aliphatic heterocycles. The Morgan fingerprint density at radius 1 is 1.26 bits per heavy atom. The van der Waals surface area contributed by atoms with Crippen LogP contribution in [0.4, 0.5) is 10.8 Å². The van der Waals surface area contributed by atoms with E-state index in [1.165, 1.54) is 23.5 Å². The van der Waals surface area contributed by atoms with E-state index in [-0.39, 0.29) is 21.4 Å². The van der Waals surface area contributed by atoms with Crippen LogP contribution in [0.5, 0.6) is 5.75 Å². The summed E-state index contributed by atoms with van der Waals surface area (Å²) in [5.41, 5.74) is 0.539. The van der Waals surface area contributed by atoms with Crippen molar-refractivity contribution in [3.8, 4) is 5.75 Å².